The maximum absolute atomic E-state index is 13.0. The number of benzene rings is 2. The van der Waals surface area contributed by atoms with Crippen molar-refractivity contribution in [3.8, 4) is 11.5 Å². The van der Waals surface area contributed by atoms with Gasteiger partial charge in [-0.15, -0.1) is 0 Å². The van der Waals surface area contributed by atoms with Gasteiger partial charge in [0, 0.05) is 12.1 Å². The average Bonchev–Trinajstić information content (AvgIpc) is 2.62. The zero-order valence-electron chi connectivity index (χ0n) is 14.1. The van der Waals surface area contributed by atoms with E-state index in [0.717, 1.165) is 11.1 Å². The molecule has 0 aliphatic heterocycles. The lowest BCUT2D eigenvalue weighted by Gasteiger charge is -2.13. The Hall–Kier alpha value is -2.67. The monoisotopic (exact) mass is 361 g/mol. The van der Waals surface area contributed by atoms with Crippen LogP contribution in [0, 0.1) is 5.82 Å². The molecule has 5 nitrogen and oxygen atoms in total. The molecule has 0 aliphatic rings. The van der Waals surface area contributed by atoms with Crippen LogP contribution in [0.25, 0.3) is 0 Å². The van der Waals surface area contributed by atoms with Crippen molar-refractivity contribution in [1.82, 2.24) is 10.7 Å². The minimum absolute atomic E-state index is 0.281. The van der Waals surface area contributed by atoms with Gasteiger partial charge < -0.3 is 14.8 Å². The fourth-order valence-corrected chi connectivity index (χ4v) is 2.24. The van der Waals surface area contributed by atoms with Gasteiger partial charge in [-0.3, -0.25) is 5.43 Å². The summed E-state index contributed by atoms with van der Waals surface area (Å²) in [6.45, 7) is 2.94. The molecular weight excluding hydrogens is 341 g/mol. The van der Waals surface area contributed by atoms with Crippen LogP contribution in [0.4, 0.5) is 4.39 Å². The van der Waals surface area contributed by atoms with Gasteiger partial charge in [-0.25, -0.2) is 4.39 Å². The summed E-state index contributed by atoms with van der Waals surface area (Å²) in [6.07, 6.45) is 1.60. The van der Waals surface area contributed by atoms with Crippen LogP contribution in [-0.4, -0.2) is 25.0 Å². The molecule has 132 valence electrons. The summed E-state index contributed by atoms with van der Waals surface area (Å²) in [4.78, 5) is 0. The summed E-state index contributed by atoms with van der Waals surface area (Å²) in [7, 11) is 1.57. The Bertz CT molecular complexity index is 736. The van der Waals surface area contributed by atoms with Crippen LogP contribution in [0.1, 0.15) is 18.1 Å². The van der Waals surface area contributed by atoms with E-state index >= 15 is 0 Å². The quantitative estimate of drug-likeness (QED) is 0.450. The van der Waals surface area contributed by atoms with E-state index in [9.17, 15) is 4.39 Å². The zero-order valence-corrected chi connectivity index (χ0v) is 14.9. The summed E-state index contributed by atoms with van der Waals surface area (Å²) in [5.74, 6) is 0.853. The van der Waals surface area contributed by atoms with Crippen molar-refractivity contribution in [2.75, 3.05) is 13.7 Å². The van der Waals surface area contributed by atoms with Crippen molar-refractivity contribution in [3.05, 3.63) is 59.4 Å². The molecule has 0 heterocycles. The van der Waals surface area contributed by atoms with Crippen LogP contribution >= 0.6 is 12.2 Å². The van der Waals surface area contributed by atoms with E-state index in [1.807, 2.05) is 19.1 Å². The Morgan fingerprint density at radius 2 is 2.00 bits per heavy atom. The Kier molecular flexibility index (Phi) is 7.16. The van der Waals surface area contributed by atoms with Gasteiger partial charge in [0.05, 0.1) is 13.3 Å². The van der Waals surface area contributed by atoms with E-state index in [4.69, 9.17) is 21.7 Å². The maximum Gasteiger partial charge on any atom is 0.186 e. The fraction of sp³-hybridized carbons (Fsp3) is 0.222. The first-order valence-corrected chi connectivity index (χ1v) is 8.16. The maximum atomic E-state index is 13.0. The van der Waals surface area contributed by atoms with Gasteiger partial charge in [0.25, 0.3) is 0 Å². The van der Waals surface area contributed by atoms with Crippen LogP contribution in [0.5, 0.6) is 11.5 Å². The molecule has 0 unspecified atom stereocenters. The van der Waals surface area contributed by atoms with E-state index < -0.39 is 0 Å². The van der Waals surface area contributed by atoms with E-state index in [1.54, 1.807) is 31.5 Å². The second kappa shape index (κ2) is 9.58. The number of para-hydroxylation sites is 1. The molecule has 2 aromatic carbocycles. The summed E-state index contributed by atoms with van der Waals surface area (Å²) in [5, 5.41) is 7.48. The number of halogens is 1. The fourth-order valence-electron chi connectivity index (χ4n) is 2.05. The third-order valence-electron chi connectivity index (χ3n) is 3.23. The van der Waals surface area contributed by atoms with E-state index in [2.05, 4.69) is 15.8 Å². The summed E-state index contributed by atoms with van der Waals surface area (Å²) >= 11 is 5.05. The van der Waals surface area contributed by atoms with Crippen molar-refractivity contribution in [3.63, 3.8) is 0 Å². The Balaban J connectivity index is 2.13. The van der Waals surface area contributed by atoms with Gasteiger partial charge in [0.1, 0.15) is 12.4 Å². The number of ether oxygens (including phenoxy) is 2. The predicted molar refractivity (Wildman–Crippen MR) is 101 cm³/mol. The molecule has 25 heavy (non-hydrogen) atoms. The normalized spacial score (nSPS) is 10.5. The Labute approximate surface area is 151 Å². The minimum Gasteiger partial charge on any atom is -0.493 e. The third-order valence-corrected chi connectivity index (χ3v) is 3.47. The summed E-state index contributed by atoms with van der Waals surface area (Å²) in [5.41, 5.74) is 4.31. The largest absolute Gasteiger partial charge is 0.493 e. The molecule has 0 saturated carbocycles. The lowest BCUT2D eigenvalue weighted by molar-refractivity contribution is 0.284. The molecule has 0 saturated heterocycles. The number of nitrogens with zero attached hydrogens (tertiary/aromatic N) is 1. The minimum atomic E-state index is -0.281. The highest BCUT2D eigenvalue weighted by Gasteiger charge is 2.10. The molecule has 0 amide bonds. The highest BCUT2D eigenvalue weighted by molar-refractivity contribution is 7.80. The van der Waals surface area contributed by atoms with Gasteiger partial charge in [0.2, 0.25) is 0 Å². The molecule has 2 rings (SSSR count). The van der Waals surface area contributed by atoms with Crippen molar-refractivity contribution in [2.45, 2.75) is 13.5 Å². The molecule has 0 bridgehead atoms. The number of rotatable bonds is 7. The molecular formula is C18H20FN3O2S. The number of thiocarbonyl (C=S) groups is 1. The second-order valence-electron chi connectivity index (χ2n) is 5.02. The molecule has 0 aromatic heterocycles. The van der Waals surface area contributed by atoms with Crippen LogP contribution in [-0.2, 0) is 6.61 Å². The smallest absolute Gasteiger partial charge is 0.186 e. The van der Waals surface area contributed by atoms with E-state index in [0.29, 0.717) is 23.2 Å². The van der Waals surface area contributed by atoms with Crippen LogP contribution in [0.3, 0.4) is 0 Å². The molecule has 0 aliphatic carbocycles. The van der Waals surface area contributed by atoms with Crippen LogP contribution < -0.4 is 20.2 Å². The van der Waals surface area contributed by atoms with E-state index in [-0.39, 0.29) is 12.4 Å². The highest BCUT2D eigenvalue weighted by atomic mass is 32.1. The molecule has 0 radical (unpaired) electrons. The molecule has 2 N–H and O–H groups in total. The first kappa shape index (κ1) is 18.7. The Morgan fingerprint density at radius 3 is 2.68 bits per heavy atom. The molecule has 0 atom stereocenters. The topological polar surface area (TPSA) is 54.9 Å². The molecule has 2 aromatic rings. The van der Waals surface area contributed by atoms with Crippen molar-refractivity contribution in [1.29, 1.82) is 0 Å². The number of hydrogen-bond acceptors (Lipinski definition) is 4. The average molecular weight is 361 g/mol. The predicted octanol–water partition coefficient (Wildman–Crippen LogP) is 3.23. The van der Waals surface area contributed by atoms with E-state index in [1.165, 1.54) is 12.1 Å². The number of hydrazone groups is 1. The third kappa shape index (κ3) is 5.72. The molecule has 0 fully saturated rings. The summed E-state index contributed by atoms with van der Waals surface area (Å²) in [6, 6.07) is 11.6. The van der Waals surface area contributed by atoms with Crippen LogP contribution in [0.15, 0.2) is 47.6 Å². The van der Waals surface area contributed by atoms with Crippen LogP contribution in [0.2, 0.25) is 0 Å². The van der Waals surface area contributed by atoms with Gasteiger partial charge in [-0.2, -0.15) is 5.10 Å². The lowest BCUT2D eigenvalue weighted by atomic mass is 10.2. The van der Waals surface area contributed by atoms with Crippen molar-refractivity contribution < 1.29 is 13.9 Å². The Morgan fingerprint density at radius 1 is 1.24 bits per heavy atom. The molecule has 0 spiro atoms. The molecule has 7 heteroatoms. The first-order chi connectivity index (χ1) is 12.1. The summed E-state index contributed by atoms with van der Waals surface area (Å²) < 4.78 is 24.2. The number of methoxy groups -OCH3 is 1. The lowest BCUT2D eigenvalue weighted by Crippen LogP contribution is -2.31. The first-order valence-electron chi connectivity index (χ1n) is 7.75. The van der Waals surface area contributed by atoms with Crippen molar-refractivity contribution in [2.24, 2.45) is 5.10 Å². The van der Waals surface area contributed by atoms with Gasteiger partial charge in [0.15, 0.2) is 16.6 Å². The number of hydrogen-bond donors (Lipinski definition) is 2. The number of nitrogens with one attached hydrogen (secondary N) is 2. The second-order valence-corrected chi connectivity index (χ2v) is 5.43. The SMILES string of the molecule is CCNC(=S)N/N=C/c1cccc(OC)c1OCc1ccc(F)cc1. The van der Waals surface area contributed by atoms with Crippen molar-refractivity contribution >= 4 is 23.5 Å². The highest BCUT2D eigenvalue weighted by Crippen LogP contribution is 2.30. The van der Waals surface area contributed by atoms with Gasteiger partial charge in [-0.05, 0) is 49.0 Å². The standard InChI is InChI=1S/C18H20FN3O2S/c1-3-20-18(25)22-21-11-14-5-4-6-16(23-2)17(14)24-12-13-7-9-15(19)10-8-13/h4-11H,3,12H2,1-2H3,(H2,20,22,25)/b21-11+. The van der Waals surface area contributed by atoms with Gasteiger partial charge in [-0.1, -0.05) is 18.2 Å². The zero-order chi connectivity index (χ0) is 18.1. The van der Waals surface area contributed by atoms with Gasteiger partial charge >= 0.3 is 0 Å².